The number of hydrogen-bond acceptors (Lipinski definition) is 7. The monoisotopic (exact) mass is 447 g/mol. The molecule has 4 aromatic rings. The van der Waals surface area contributed by atoms with Crippen molar-refractivity contribution in [2.75, 3.05) is 19.5 Å². The molecule has 9 heteroatoms. The molecule has 4 aromatic heterocycles. The van der Waals surface area contributed by atoms with Gasteiger partial charge in [0.15, 0.2) is 5.75 Å². The van der Waals surface area contributed by atoms with Crippen LogP contribution in [0.5, 0.6) is 11.6 Å². The number of amides is 1. The Labute approximate surface area is 189 Å². The van der Waals surface area contributed by atoms with Gasteiger partial charge in [0, 0.05) is 35.9 Å². The molecule has 0 bridgehead atoms. The first-order valence-corrected chi connectivity index (χ1v) is 9.89. The summed E-state index contributed by atoms with van der Waals surface area (Å²) in [4.78, 5) is 30.5. The Morgan fingerprint density at radius 1 is 0.969 bits per heavy atom. The lowest BCUT2D eigenvalue weighted by molar-refractivity contribution is 0.102. The molecule has 0 saturated heterocycles. The number of anilines is 1. The lowest BCUT2D eigenvalue weighted by Crippen LogP contribution is -2.15. The summed E-state index contributed by atoms with van der Waals surface area (Å²) in [5, 5.41) is 3.27. The first-order chi connectivity index (χ1) is 15.6. The van der Waals surface area contributed by atoms with Crippen LogP contribution < -0.4 is 14.8 Å². The highest BCUT2D eigenvalue weighted by Gasteiger charge is 2.18. The molecule has 1 N–H and O–H groups in total. The number of halogens is 1. The number of carbonyl (C=O) groups excluding carboxylic acids is 1. The number of carbonyl (C=O) groups is 1. The highest BCUT2D eigenvalue weighted by Crippen LogP contribution is 2.29. The van der Waals surface area contributed by atoms with Gasteiger partial charge in [-0.25, -0.2) is 0 Å². The molecule has 0 radical (unpaired) electrons. The zero-order valence-electron chi connectivity index (χ0n) is 17.2. The van der Waals surface area contributed by atoms with Gasteiger partial charge in [-0.1, -0.05) is 17.7 Å². The SMILES string of the molecule is COc1ccc(NC(=O)c2cc(-c3cncc(Cl)c3)cnc2-c2ccccn2)nc1OC. The van der Waals surface area contributed by atoms with Crippen LogP contribution in [0.1, 0.15) is 10.4 Å². The van der Waals surface area contributed by atoms with E-state index in [1.807, 2.05) is 6.07 Å². The van der Waals surface area contributed by atoms with Gasteiger partial charge >= 0.3 is 0 Å². The number of nitrogens with zero attached hydrogens (tertiary/aromatic N) is 4. The Hall–Kier alpha value is -4.04. The maximum Gasteiger partial charge on any atom is 0.259 e. The van der Waals surface area contributed by atoms with E-state index in [0.717, 1.165) is 5.56 Å². The number of pyridine rings is 4. The molecule has 0 atom stereocenters. The van der Waals surface area contributed by atoms with Gasteiger partial charge in [-0.3, -0.25) is 19.7 Å². The molecular formula is C23H18ClN5O3. The van der Waals surface area contributed by atoms with Crippen molar-refractivity contribution in [2.45, 2.75) is 0 Å². The first-order valence-electron chi connectivity index (χ1n) is 9.52. The molecule has 0 unspecified atom stereocenters. The minimum atomic E-state index is -0.408. The Bertz CT molecular complexity index is 1270. The predicted molar refractivity (Wildman–Crippen MR) is 121 cm³/mol. The second-order valence-corrected chi connectivity index (χ2v) is 7.03. The van der Waals surface area contributed by atoms with Crippen LogP contribution in [-0.4, -0.2) is 40.1 Å². The highest BCUT2D eigenvalue weighted by atomic mass is 35.5. The molecule has 0 aliphatic heterocycles. The van der Waals surface area contributed by atoms with E-state index in [1.54, 1.807) is 55.0 Å². The van der Waals surface area contributed by atoms with E-state index in [-0.39, 0.29) is 5.88 Å². The Morgan fingerprint density at radius 2 is 1.81 bits per heavy atom. The Morgan fingerprint density at radius 3 is 2.53 bits per heavy atom. The zero-order chi connectivity index (χ0) is 22.5. The summed E-state index contributed by atoms with van der Waals surface area (Å²) in [6.07, 6.45) is 6.49. The first kappa shape index (κ1) is 21.2. The normalized spacial score (nSPS) is 10.5. The van der Waals surface area contributed by atoms with Crippen LogP contribution in [0.3, 0.4) is 0 Å². The largest absolute Gasteiger partial charge is 0.491 e. The van der Waals surface area contributed by atoms with Gasteiger partial charge in [-0.05, 0) is 36.4 Å². The molecule has 8 nitrogen and oxygen atoms in total. The molecule has 0 fully saturated rings. The average molecular weight is 448 g/mol. The molecule has 0 aromatic carbocycles. The van der Waals surface area contributed by atoms with Crippen LogP contribution in [0.2, 0.25) is 5.02 Å². The second-order valence-electron chi connectivity index (χ2n) is 6.59. The molecule has 0 saturated carbocycles. The van der Waals surface area contributed by atoms with Crippen molar-refractivity contribution in [2.24, 2.45) is 0 Å². The molecule has 4 heterocycles. The molecule has 0 aliphatic carbocycles. The molecule has 32 heavy (non-hydrogen) atoms. The smallest absolute Gasteiger partial charge is 0.259 e. The van der Waals surface area contributed by atoms with Gasteiger partial charge in [-0.15, -0.1) is 0 Å². The van der Waals surface area contributed by atoms with Gasteiger partial charge < -0.3 is 14.8 Å². The van der Waals surface area contributed by atoms with Crippen molar-refractivity contribution in [3.8, 4) is 34.1 Å². The summed E-state index contributed by atoms with van der Waals surface area (Å²) in [5.74, 6) is 0.605. The van der Waals surface area contributed by atoms with Crippen LogP contribution in [0.4, 0.5) is 5.82 Å². The van der Waals surface area contributed by atoms with E-state index in [9.17, 15) is 4.79 Å². The van der Waals surface area contributed by atoms with Crippen molar-refractivity contribution >= 4 is 23.3 Å². The topological polar surface area (TPSA) is 99.1 Å². The van der Waals surface area contributed by atoms with E-state index in [1.165, 1.54) is 20.4 Å². The summed E-state index contributed by atoms with van der Waals surface area (Å²) in [5.41, 5.74) is 2.73. The number of rotatable bonds is 6. The third kappa shape index (κ3) is 4.50. The average Bonchev–Trinajstić information content (AvgIpc) is 2.84. The number of nitrogens with one attached hydrogen (secondary N) is 1. The fraction of sp³-hybridized carbons (Fsp3) is 0.0870. The molecule has 4 rings (SSSR count). The summed E-state index contributed by atoms with van der Waals surface area (Å²) >= 11 is 6.08. The van der Waals surface area contributed by atoms with Gasteiger partial charge in [0.25, 0.3) is 11.8 Å². The van der Waals surface area contributed by atoms with Crippen molar-refractivity contribution in [1.82, 2.24) is 19.9 Å². The van der Waals surface area contributed by atoms with Crippen molar-refractivity contribution < 1.29 is 14.3 Å². The quantitative estimate of drug-likeness (QED) is 0.463. The van der Waals surface area contributed by atoms with Gasteiger partial charge in [0.2, 0.25) is 0 Å². The minimum Gasteiger partial charge on any atom is -0.491 e. The molecule has 160 valence electrons. The second kappa shape index (κ2) is 9.40. The van der Waals surface area contributed by atoms with E-state index in [2.05, 4.69) is 25.3 Å². The maximum atomic E-state index is 13.3. The molecule has 0 spiro atoms. The van der Waals surface area contributed by atoms with E-state index >= 15 is 0 Å². The van der Waals surface area contributed by atoms with Gasteiger partial charge in [-0.2, -0.15) is 4.98 Å². The maximum absolute atomic E-state index is 13.3. The third-order valence-corrected chi connectivity index (χ3v) is 4.76. The van der Waals surface area contributed by atoms with Gasteiger partial charge in [0.05, 0.1) is 30.5 Å². The van der Waals surface area contributed by atoms with Crippen LogP contribution in [-0.2, 0) is 0 Å². The number of methoxy groups -OCH3 is 2. The fourth-order valence-electron chi connectivity index (χ4n) is 3.05. The summed E-state index contributed by atoms with van der Waals surface area (Å²) in [6, 6.07) is 12.2. The van der Waals surface area contributed by atoms with E-state index in [4.69, 9.17) is 21.1 Å². The Kier molecular flexibility index (Phi) is 6.23. The van der Waals surface area contributed by atoms with Gasteiger partial charge in [0.1, 0.15) is 11.5 Å². The summed E-state index contributed by atoms with van der Waals surface area (Å²) in [7, 11) is 2.99. The van der Waals surface area contributed by atoms with Crippen molar-refractivity contribution in [3.05, 3.63) is 77.8 Å². The Balaban J connectivity index is 1.76. The summed E-state index contributed by atoms with van der Waals surface area (Å²) in [6.45, 7) is 0. The lowest BCUT2D eigenvalue weighted by Gasteiger charge is -2.12. The van der Waals surface area contributed by atoms with E-state index in [0.29, 0.717) is 39.1 Å². The lowest BCUT2D eigenvalue weighted by atomic mass is 10.0. The summed E-state index contributed by atoms with van der Waals surface area (Å²) < 4.78 is 10.4. The molecule has 0 aliphatic rings. The number of aromatic nitrogens is 4. The molecular weight excluding hydrogens is 430 g/mol. The van der Waals surface area contributed by atoms with Crippen molar-refractivity contribution in [3.63, 3.8) is 0 Å². The predicted octanol–water partition coefficient (Wildman–Crippen LogP) is 4.52. The number of ether oxygens (including phenoxy) is 2. The number of hydrogen-bond donors (Lipinski definition) is 1. The van der Waals surface area contributed by atoms with Crippen LogP contribution >= 0.6 is 11.6 Å². The zero-order valence-corrected chi connectivity index (χ0v) is 18.0. The van der Waals surface area contributed by atoms with E-state index < -0.39 is 5.91 Å². The van der Waals surface area contributed by atoms with Crippen LogP contribution in [0.25, 0.3) is 22.5 Å². The van der Waals surface area contributed by atoms with Crippen molar-refractivity contribution in [1.29, 1.82) is 0 Å². The minimum absolute atomic E-state index is 0.257. The van der Waals surface area contributed by atoms with Crippen LogP contribution in [0, 0.1) is 0 Å². The molecule has 1 amide bonds. The highest BCUT2D eigenvalue weighted by molar-refractivity contribution is 6.30. The van der Waals surface area contributed by atoms with Crippen LogP contribution in [0.15, 0.2) is 67.3 Å². The standard InChI is InChI=1S/C23H18ClN5O3/c1-31-19-6-7-20(29-23(19)32-2)28-22(30)17-10-15(14-9-16(24)13-25-11-14)12-27-21(17)18-5-3-4-8-26-18/h3-13H,1-2H3,(H,28,29,30). The third-order valence-electron chi connectivity index (χ3n) is 4.56. The fourth-order valence-corrected chi connectivity index (χ4v) is 3.23.